The third-order valence-electron chi connectivity index (χ3n) is 7.31. The Hall–Kier alpha value is -3.10. The zero-order chi connectivity index (χ0) is 25.6. The van der Waals surface area contributed by atoms with Crippen LogP contribution in [0, 0.1) is 0 Å². The van der Waals surface area contributed by atoms with E-state index in [1.165, 1.54) is 0 Å². The SMILES string of the molecule is CN(C)c1nc(N[C@H]2CC[C@@H](NCCCC(O)c3ccc4c(c3)OCCCO4)CC2)nc2ccccc12. The Labute approximate surface area is 219 Å². The Balaban J connectivity index is 1.05. The van der Waals surface area contributed by atoms with Crippen LogP contribution in [0.4, 0.5) is 11.8 Å². The van der Waals surface area contributed by atoms with E-state index >= 15 is 0 Å². The molecule has 1 fully saturated rings. The molecular formula is C29H39N5O3. The van der Waals surface area contributed by atoms with Crippen molar-refractivity contribution in [3.05, 3.63) is 48.0 Å². The summed E-state index contributed by atoms with van der Waals surface area (Å²) >= 11 is 0. The maximum absolute atomic E-state index is 10.7. The first-order valence-corrected chi connectivity index (χ1v) is 13.6. The van der Waals surface area contributed by atoms with Gasteiger partial charge in [0.25, 0.3) is 0 Å². The molecule has 8 nitrogen and oxygen atoms in total. The lowest BCUT2D eigenvalue weighted by molar-refractivity contribution is 0.163. The van der Waals surface area contributed by atoms with Crippen molar-refractivity contribution in [3.8, 4) is 11.5 Å². The molecular weight excluding hydrogens is 466 g/mol. The Kier molecular flexibility index (Phi) is 8.26. The lowest BCUT2D eigenvalue weighted by Gasteiger charge is -2.30. The summed E-state index contributed by atoms with van der Waals surface area (Å²) in [6.07, 6.45) is 6.45. The van der Waals surface area contributed by atoms with Crippen LogP contribution in [-0.4, -0.2) is 61.0 Å². The van der Waals surface area contributed by atoms with Gasteiger partial charge in [-0.05, 0) is 74.9 Å². The van der Waals surface area contributed by atoms with Crippen LogP contribution < -0.4 is 25.0 Å². The molecule has 0 spiro atoms. The van der Waals surface area contributed by atoms with Crippen LogP contribution >= 0.6 is 0 Å². The van der Waals surface area contributed by atoms with Crippen LogP contribution in [0.15, 0.2) is 42.5 Å². The number of anilines is 2. The molecule has 1 atom stereocenters. The van der Waals surface area contributed by atoms with E-state index in [0.717, 1.165) is 85.3 Å². The number of aromatic nitrogens is 2. The summed E-state index contributed by atoms with van der Waals surface area (Å²) in [7, 11) is 4.04. The molecule has 37 heavy (non-hydrogen) atoms. The van der Waals surface area contributed by atoms with Crippen LogP contribution in [0.3, 0.4) is 0 Å². The average Bonchev–Trinajstić information content (AvgIpc) is 3.16. The maximum Gasteiger partial charge on any atom is 0.225 e. The van der Waals surface area contributed by atoms with E-state index in [-0.39, 0.29) is 0 Å². The summed E-state index contributed by atoms with van der Waals surface area (Å²) in [4.78, 5) is 11.6. The summed E-state index contributed by atoms with van der Waals surface area (Å²) in [6, 6.07) is 14.8. The lowest BCUT2D eigenvalue weighted by Crippen LogP contribution is -2.37. The largest absolute Gasteiger partial charge is 0.490 e. The number of benzene rings is 2. The Morgan fingerprint density at radius 1 is 0.973 bits per heavy atom. The Bertz CT molecular complexity index is 1180. The molecule has 198 valence electrons. The number of hydrogen-bond donors (Lipinski definition) is 3. The highest BCUT2D eigenvalue weighted by Crippen LogP contribution is 2.33. The number of aliphatic hydroxyl groups is 1. The molecule has 5 rings (SSSR count). The fourth-order valence-electron chi connectivity index (χ4n) is 5.25. The van der Waals surface area contributed by atoms with Gasteiger partial charge in [-0.15, -0.1) is 0 Å². The van der Waals surface area contributed by atoms with Gasteiger partial charge in [0, 0.05) is 38.0 Å². The van der Waals surface area contributed by atoms with Gasteiger partial charge in [0.05, 0.1) is 24.8 Å². The zero-order valence-corrected chi connectivity index (χ0v) is 21.9. The van der Waals surface area contributed by atoms with Crippen molar-refractivity contribution in [2.45, 2.75) is 63.1 Å². The predicted octanol–water partition coefficient (Wildman–Crippen LogP) is 4.68. The minimum atomic E-state index is -0.493. The number of aliphatic hydroxyl groups excluding tert-OH is 1. The van der Waals surface area contributed by atoms with Crippen molar-refractivity contribution < 1.29 is 14.6 Å². The normalized spacial score (nSPS) is 20.3. The molecule has 1 aliphatic carbocycles. The topological polar surface area (TPSA) is 91.8 Å². The number of rotatable bonds is 9. The van der Waals surface area contributed by atoms with E-state index in [1.807, 2.05) is 55.4 Å². The van der Waals surface area contributed by atoms with Gasteiger partial charge in [0.2, 0.25) is 5.95 Å². The fourth-order valence-corrected chi connectivity index (χ4v) is 5.25. The minimum Gasteiger partial charge on any atom is -0.490 e. The summed E-state index contributed by atoms with van der Waals surface area (Å²) in [5.74, 6) is 3.16. The first-order chi connectivity index (χ1) is 18.1. The molecule has 0 bridgehead atoms. The molecule has 0 saturated heterocycles. The highest BCUT2D eigenvalue weighted by molar-refractivity contribution is 5.90. The van der Waals surface area contributed by atoms with Crippen LogP contribution in [0.25, 0.3) is 10.9 Å². The molecule has 8 heteroatoms. The second kappa shape index (κ2) is 12.0. The standard InChI is InChI=1S/C29H39N5O3/c1-34(2)28-23-7-3-4-8-24(23)32-29(33-28)31-22-13-11-21(12-14-22)30-16-5-9-25(35)20-10-15-26-27(19-20)37-18-6-17-36-26/h3-4,7-8,10,15,19,21-22,25,30,35H,5-6,9,11-14,16-18H2,1-2H3,(H,31,32,33)/t21-,22+,25?. The number of fused-ring (bicyclic) bond motifs is 2. The van der Waals surface area contributed by atoms with Crippen LogP contribution in [0.1, 0.15) is 56.6 Å². The minimum absolute atomic E-state index is 0.385. The number of nitrogens with one attached hydrogen (secondary N) is 2. The van der Waals surface area contributed by atoms with E-state index in [4.69, 9.17) is 19.4 Å². The van der Waals surface area contributed by atoms with E-state index in [1.54, 1.807) is 0 Å². The van der Waals surface area contributed by atoms with Gasteiger partial charge in [-0.2, -0.15) is 4.98 Å². The molecule has 1 aliphatic heterocycles. The Morgan fingerprint density at radius 3 is 2.54 bits per heavy atom. The van der Waals surface area contributed by atoms with E-state index in [0.29, 0.717) is 31.2 Å². The van der Waals surface area contributed by atoms with Crippen molar-refractivity contribution in [2.75, 3.05) is 44.1 Å². The maximum atomic E-state index is 10.7. The summed E-state index contributed by atoms with van der Waals surface area (Å²) < 4.78 is 11.5. The average molecular weight is 506 g/mol. The second-order valence-corrected chi connectivity index (χ2v) is 10.3. The summed E-state index contributed by atoms with van der Waals surface area (Å²) in [6.45, 7) is 2.23. The van der Waals surface area contributed by atoms with Crippen molar-refractivity contribution in [1.29, 1.82) is 0 Å². The molecule has 0 radical (unpaired) electrons. The van der Waals surface area contributed by atoms with Crippen molar-refractivity contribution in [3.63, 3.8) is 0 Å². The molecule has 0 amide bonds. The highest BCUT2D eigenvalue weighted by atomic mass is 16.5. The number of nitrogens with zero attached hydrogens (tertiary/aromatic N) is 3. The van der Waals surface area contributed by atoms with Crippen LogP contribution in [-0.2, 0) is 0 Å². The predicted molar refractivity (Wildman–Crippen MR) is 148 cm³/mol. The van der Waals surface area contributed by atoms with E-state index < -0.39 is 6.10 Å². The molecule has 2 heterocycles. The molecule has 2 aliphatic rings. The number of ether oxygens (including phenoxy) is 2. The lowest BCUT2D eigenvalue weighted by atomic mass is 9.91. The first-order valence-electron chi connectivity index (χ1n) is 13.6. The zero-order valence-electron chi connectivity index (χ0n) is 21.9. The van der Waals surface area contributed by atoms with Gasteiger partial charge < -0.3 is 30.1 Å². The Morgan fingerprint density at radius 2 is 1.73 bits per heavy atom. The monoisotopic (exact) mass is 505 g/mol. The van der Waals surface area contributed by atoms with E-state index in [9.17, 15) is 5.11 Å². The molecule has 3 aromatic rings. The summed E-state index contributed by atoms with van der Waals surface area (Å²) in [5.41, 5.74) is 1.86. The molecule has 1 aromatic heterocycles. The van der Waals surface area contributed by atoms with Gasteiger partial charge >= 0.3 is 0 Å². The molecule has 1 unspecified atom stereocenters. The molecule has 3 N–H and O–H groups in total. The van der Waals surface area contributed by atoms with Crippen molar-refractivity contribution in [2.24, 2.45) is 0 Å². The smallest absolute Gasteiger partial charge is 0.225 e. The number of hydrogen-bond acceptors (Lipinski definition) is 8. The highest BCUT2D eigenvalue weighted by Gasteiger charge is 2.22. The molecule has 1 saturated carbocycles. The van der Waals surface area contributed by atoms with Crippen LogP contribution in [0.2, 0.25) is 0 Å². The van der Waals surface area contributed by atoms with Gasteiger partial charge in [-0.1, -0.05) is 18.2 Å². The van der Waals surface area contributed by atoms with Gasteiger partial charge in [0.15, 0.2) is 11.5 Å². The second-order valence-electron chi connectivity index (χ2n) is 10.3. The van der Waals surface area contributed by atoms with Gasteiger partial charge in [-0.25, -0.2) is 4.98 Å². The molecule has 2 aromatic carbocycles. The number of para-hydroxylation sites is 1. The first kappa shape index (κ1) is 25.5. The third kappa shape index (κ3) is 6.43. The van der Waals surface area contributed by atoms with E-state index in [2.05, 4.69) is 16.7 Å². The fraction of sp³-hybridized carbons (Fsp3) is 0.517. The van der Waals surface area contributed by atoms with Gasteiger partial charge in [0.1, 0.15) is 5.82 Å². The third-order valence-corrected chi connectivity index (χ3v) is 7.31. The van der Waals surface area contributed by atoms with Crippen LogP contribution in [0.5, 0.6) is 11.5 Å². The van der Waals surface area contributed by atoms with Crippen molar-refractivity contribution in [1.82, 2.24) is 15.3 Å². The summed E-state index contributed by atoms with van der Waals surface area (Å²) in [5, 5.41) is 19.0. The van der Waals surface area contributed by atoms with Crippen molar-refractivity contribution >= 4 is 22.7 Å². The van der Waals surface area contributed by atoms with Gasteiger partial charge in [-0.3, -0.25) is 0 Å². The quantitative estimate of drug-likeness (QED) is 0.361.